The number of benzene rings is 1. The second kappa shape index (κ2) is 11.3. The minimum Gasteiger partial charge on any atom is -0.449 e. The molecule has 0 aliphatic carbocycles. The molecule has 4 rings (SSSR count). The molecule has 1 aliphatic heterocycles. The summed E-state index contributed by atoms with van der Waals surface area (Å²) in [5, 5.41) is 23.2. The number of aromatic nitrogens is 4. The van der Waals surface area contributed by atoms with E-state index in [0.29, 0.717) is 24.0 Å². The van der Waals surface area contributed by atoms with Gasteiger partial charge in [-0.3, -0.25) is 20.0 Å². The summed E-state index contributed by atoms with van der Waals surface area (Å²) in [6.07, 6.45) is 1.83. The van der Waals surface area contributed by atoms with E-state index in [1.54, 1.807) is 23.0 Å². The third-order valence-electron chi connectivity index (χ3n) is 7.23. The number of nitro groups is 1. The summed E-state index contributed by atoms with van der Waals surface area (Å²) in [5.41, 5.74) is 1.59. The van der Waals surface area contributed by atoms with Gasteiger partial charge in [0.25, 0.3) is 5.69 Å². The van der Waals surface area contributed by atoms with E-state index in [1.807, 2.05) is 0 Å². The van der Waals surface area contributed by atoms with Crippen molar-refractivity contribution in [1.29, 1.82) is 0 Å². The predicted molar refractivity (Wildman–Crippen MR) is 145 cm³/mol. The van der Waals surface area contributed by atoms with Crippen molar-refractivity contribution in [2.45, 2.75) is 70.2 Å². The Labute approximate surface area is 226 Å². The molecule has 1 amide bonds. The number of nitro benzene ring substituents is 1. The van der Waals surface area contributed by atoms with Gasteiger partial charge in [-0.1, -0.05) is 32.9 Å². The summed E-state index contributed by atoms with van der Waals surface area (Å²) >= 11 is 0. The Morgan fingerprint density at radius 3 is 2.62 bits per heavy atom. The molecule has 39 heavy (non-hydrogen) atoms. The van der Waals surface area contributed by atoms with Crippen molar-refractivity contribution >= 4 is 37.1 Å². The maximum Gasteiger partial charge on any atom is 0.412 e. The molecular formula is C25H34N6O7Si. The van der Waals surface area contributed by atoms with Gasteiger partial charge in [-0.05, 0) is 23.7 Å². The van der Waals surface area contributed by atoms with Gasteiger partial charge in [0.05, 0.1) is 36.7 Å². The number of imidazole rings is 1. The van der Waals surface area contributed by atoms with E-state index >= 15 is 0 Å². The topological polar surface area (TPSA) is 164 Å². The number of hydrogen-bond acceptors (Lipinski definition) is 10. The molecule has 3 aromatic rings. The summed E-state index contributed by atoms with van der Waals surface area (Å²) in [7, 11) is -2.14. The largest absolute Gasteiger partial charge is 0.449 e. The van der Waals surface area contributed by atoms with Gasteiger partial charge >= 0.3 is 6.09 Å². The first kappa shape index (κ1) is 28.5. The molecule has 14 heteroatoms. The van der Waals surface area contributed by atoms with Crippen LogP contribution in [0.15, 0.2) is 36.9 Å². The normalized spacial score (nSPS) is 19.8. The molecule has 2 aromatic heterocycles. The molecule has 0 saturated carbocycles. The van der Waals surface area contributed by atoms with Crippen LogP contribution in [-0.2, 0) is 20.3 Å². The Balaban J connectivity index is 1.45. The highest BCUT2D eigenvalue weighted by molar-refractivity contribution is 6.74. The van der Waals surface area contributed by atoms with Gasteiger partial charge in [-0.15, -0.1) is 0 Å². The van der Waals surface area contributed by atoms with Gasteiger partial charge in [0.15, 0.2) is 31.5 Å². The summed E-state index contributed by atoms with van der Waals surface area (Å²) in [6.45, 7) is 10.8. The van der Waals surface area contributed by atoms with E-state index in [4.69, 9.17) is 13.9 Å². The number of aliphatic hydroxyl groups is 1. The van der Waals surface area contributed by atoms with E-state index in [0.717, 1.165) is 5.56 Å². The van der Waals surface area contributed by atoms with Gasteiger partial charge in [0.2, 0.25) is 0 Å². The fourth-order valence-electron chi connectivity index (χ4n) is 4.05. The van der Waals surface area contributed by atoms with E-state index in [2.05, 4.69) is 54.1 Å². The number of ether oxygens (including phenoxy) is 2. The van der Waals surface area contributed by atoms with Gasteiger partial charge in [0.1, 0.15) is 6.33 Å². The predicted octanol–water partition coefficient (Wildman–Crippen LogP) is 4.20. The molecule has 3 heterocycles. The molecule has 1 aliphatic rings. The molecular weight excluding hydrogens is 524 g/mol. The highest BCUT2D eigenvalue weighted by atomic mass is 28.4. The number of aliphatic hydroxyl groups excluding tert-OH is 1. The van der Waals surface area contributed by atoms with Crippen molar-refractivity contribution in [2.75, 3.05) is 18.5 Å². The number of carbonyl (C=O) groups excluding carboxylic acids is 1. The quantitative estimate of drug-likeness (QED) is 0.221. The van der Waals surface area contributed by atoms with Crippen LogP contribution in [0.1, 0.15) is 39.0 Å². The number of anilines is 1. The second-order valence-electron chi connectivity index (χ2n) is 11.0. The Morgan fingerprint density at radius 1 is 1.26 bits per heavy atom. The molecule has 2 N–H and O–H groups in total. The van der Waals surface area contributed by atoms with Crippen LogP contribution in [0.4, 0.5) is 16.3 Å². The Bertz CT molecular complexity index is 1320. The minimum atomic E-state index is -2.14. The van der Waals surface area contributed by atoms with Crippen LogP contribution < -0.4 is 5.32 Å². The highest BCUT2D eigenvalue weighted by Gasteiger charge is 2.45. The lowest BCUT2D eigenvalue weighted by Crippen LogP contribution is -2.45. The lowest BCUT2D eigenvalue weighted by Gasteiger charge is -2.39. The highest BCUT2D eigenvalue weighted by Crippen LogP contribution is 2.42. The fraction of sp³-hybridized carbons (Fsp3) is 0.520. The van der Waals surface area contributed by atoms with Crippen LogP contribution in [0.2, 0.25) is 18.1 Å². The van der Waals surface area contributed by atoms with Gasteiger partial charge in [-0.2, -0.15) is 0 Å². The molecule has 3 atom stereocenters. The first-order valence-corrected chi connectivity index (χ1v) is 15.6. The second-order valence-corrected chi connectivity index (χ2v) is 15.7. The summed E-state index contributed by atoms with van der Waals surface area (Å²) in [6, 6.07) is 6.05. The maximum absolute atomic E-state index is 12.5. The number of rotatable bonds is 9. The zero-order valence-corrected chi connectivity index (χ0v) is 23.7. The summed E-state index contributed by atoms with van der Waals surface area (Å²) in [5.74, 6) is 0.178. The minimum absolute atomic E-state index is 0.00242. The van der Waals surface area contributed by atoms with Crippen LogP contribution in [0.3, 0.4) is 0 Å². The number of hydrogen-bond donors (Lipinski definition) is 2. The smallest absolute Gasteiger partial charge is 0.412 e. The molecule has 1 unspecified atom stereocenters. The molecule has 1 aromatic carbocycles. The fourth-order valence-corrected chi connectivity index (χ4v) is 5.37. The lowest BCUT2D eigenvalue weighted by atomic mass is 10.1. The van der Waals surface area contributed by atoms with Crippen molar-refractivity contribution in [3.63, 3.8) is 0 Å². The zero-order valence-electron chi connectivity index (χ0n) is 22.7. The summed E-state index contributed by atoms with van der Waals surface area (Å²) < 4.78 is 19.8. The van der Waals surface area contributed by atoms with Gasteiger partial charge < -0.3 is 19.0 Å². The first-order chi connectivity index (χ1) is 18.4. The number of nitrogens with one attached hydrogen (secondary N) is 1. The monoisotopic (exact) mass is 558 g/mol. The molecule has 0 radical (unpaired) electrons. The molecule has 1 saturated heterocycles. The van der Waals surface area contributed by atoms with Crippen molar-refractivity contribution in [3.8, 4) is 0 Å². The number of non-ortho nitro benzene ring substituents is 1. The lowest BCUT2D eigenvalue weighted by molar-refractivity contribution is -0.384. The SMILES string of the molecule is CC(C)(C)[Si](C)(C)OC1C[C@@H](CO)O[C@H]1n1cnc2c(NC(=O)OCCc3ccc([N+](=O)[O-])cc3)ncnc21. The Morgan fingerprint density at radius 2 is 1.97 bits per heavy atom. The van der Waals surface area contributed by atoms with E-state index < -0.39 is 25.6 Å². The standard InChI is InChI=1S/C25H34N6O7Si/c1-25(2,3)39(4,5)38-19-12-18(13-32)37-23(19)30-15-28-20-21(26-14-27-22(20)30)29-24(33)36-11-10-16-6-8-17(9-7-16)31(34)35/h6-9,14-15,18-19,23,32H,10-13H2,1-5H3,(H,26,27,29,33)/t18-,19?,23+/m0/s1. The van der Waals surface area contributed by atoms with E-state index in [-0.39, 0.29) is 42.0 Å². The molecule has 0 bridgehead atoms. The summed E-state index contributed by atoms with van der Waals surface area (Å²) in [4.78, 5) is 35.7. The van der Waals surface area contributed by atoms with Crippen molar-refractivity contribution < 1.29 is 28.7 Å². The number of amides is 1. The molecule has 1 fully saturated rings. The number of carbonyl (C=O) groups is 1. The number of nitrogens with zero attached hydrogens (tertiary/aromatic N) is 5. The van der Waals surface area contributed by atoms with Crippen LogP contribution >= 0.6 is 0 Å². The average molecular weight is 559 g/mol. The third-order valence-corrected chi connectivity index (χ3v) is 11.7. The van der Waals surface area contributed by atoms with Crippen LogP contribution in [-0.4, -0.2) is 69.4 Å². The van der Waals surface area contributed by atoms with Gasteiger partial charge in [-0.25, -0.2) is 19.7 Å². The van der Waals surface area contributed by atoms with Crippen molar-refractivity contribution in [1.82, 2.24) is 19.5 Å². The third kappa shape index (κ3) is 6.41. The first-order valence-electron chi connectivity index (χ1n) is 12.7. The van der Waals surface area contributed by atoms with Crippen LogP contribution in [0, 0.1) is 10.1 Å². The Hall–Kier alpha value is -3.46. The number of fused-ring (bicyclic) bond motifs is 1. The average Bonchev–Trinajstić information content (AvgIpc) is 3.47. The van der Waals surface area contributed by atoms with Gasteiger partial charge in [0, 0.05) is 25.0 Å². The van der Waals surface area contributed by atoms with Crippen molar-refractivity contribution in [3.05, 3.63) is 52.6 Å². The Kier molecular flexibility index (Phi) is 8.30. The molecule has 13 nitrogen and oxygen atoms in total. The van der Waals surface area contributed by atoms with E-state index in [1.165, 1.54) is 18.5 Å². The zero-order chi connectivity index (χ0) is 28.4. The molecule has 210 valence electrons. The van der Waals surface area contributed by atoms with E-state index in [9.17, 15) is 20.0 Å². The van der Waals surface area contributed by atoms with Crippen LogP contribution in [0.5, 0.6) is 0 Å². The van der Waals surface area contributed by atoms with Crippen molar-refractivity contribution in [2.24, 2.45) is 0 Å². The maximum atomic E-state index is 12.5. The molecule has 0 spiro atoms. The van der Waals surface area contributed by atoms with Crippen LogP contribution in [0.25, 0.3) is 11.2 Å².